The van der Waals surface area contributed by atoms with E-state index in [1.54, 1.807) is 0 Å². The minimum absolute atomic E-state index is 0.0739. The van der Waals surface area contributed by atoms with Gasteiger partial charge in [-0.15, -0.1) is 0 Å². The third kappa shape index (κ3) is 3.33. The number of hydrogen-bond acceptors (Lipinski definition) is 2. The maximum absolute atomic E-state index is 6.09. The number of nitrogens with one attached hydrogen (secondary N) is 1. The zero-order chi connectivity index (χ0) is 13.0. The van der Waals surface area contributed by atoms with Gasteiger partial charge in [0, 0.05) is 5.02 Å². The van der Waals surface area contributed by atoms with Crippen molar-refractivity contribution < 1.29 is 0 Å². The minimum atomic E-state index is 0.0739. The van der Waals surface area contributed by atoms with Gasteiger partial charge in [-0.05, 0) is 42.2 Å². The smallest absolute Gasteiger partial charge is 0.0500 e. The fourth-order valence-corrected chi connectivity index (χ4v) is 2.39. The molecule has 0 saturated carbocycles. The highest BCUT2D eigenvalue weighted by atomic mass is 35.5. The van der Waals surface area contributed by atoms with Crippen LogP contribution in [0.5, 0.6) is 0 Å². The van der Waals surface area contributed by atoms with E-state index < -0.39 is 0 Å². The van der Waals surface area contributed by atoms with Crippen LogP contribution in [0.4, 0.5) is 0 Å². The van der Waals surface area contributed by atoms with Crippen LogP contribution in [0, 0.1) is 6.92 Å². The van der Waals surface area contributed by atoms with Crippen LogP contribution in [-0.4, -0.2) is 0 Å². The van der Waals surface area contributed by atoms with Gasteiger partial charge in [0.15, 0.2) is 0 Å². The summed E-state index contributed by atoms with van der Waals surface area (Å²) in [6.45, 7) is 2.03. The standard InChI is InChI=1S/C15H17ClN2/c1-11-7-13(10-14(16)8-11)15(18-17)9-12-5-3-2-4-6-12/h2-8,10,15,18H,9,17H2,1H3. The molecule has 0 aliphatic rings. The zero-order valence-corrected chi connectivity index (χ0v) is 11.1. The second-order valence-corrected chi connectivity index (χ2v) is 4.91. The molecular formula is C15H17ClN2. The average molecular weight is 261 g/mol. The van der Waals surface area contributed by atoms with Gasteiger partial charge in [0.2, 0.25) is 0 Å². The van der Waals surface area contributed by atoms with Gasteiger partial charge in [0.1, 0.15) is 0 Å². The van der Waals surface area contributed by atoms with Crippen LogP contribution in [-0.2, 0) is 6.42 Å². The molecule has 3 N–H and O–H groups in total. The molecule has 0 aromatic heterocycles. The number of nitrogens with two attached hydrogens (primary N) is 1. The second kappa shape index (κ2) is 6.01. The first-order valence-electron chi connectivity index (χ1n) is 5.96. The topological polar surface area (TPSA) is 38.0 Å². The lowest BCUT2D eigenvalue weighted by molar-refractivity contribution is 0.551. The van der Waals surface area contributed by atoms with Gasteiger partial charge in [0.05, 0.1) is 6.04 Å². The average Bonchev–Trinajstić information content (AvgIpc) is 2.36. The second-order valence-electron chi connectivity index (χ2n) is 4.47. The summed E-state index contributed by atoms with van der Waals surface area (Å²) in [5, 5.41) is 0.748. The molecule has 0 radical (unpaired) electrons. The maximum atomic E-state index is 6.09. The highest BCUT2D eigenvalue weighted by molar-refractivity contribution is 6.30. The normalized spacial score (nSPS) is 12.4. The number of aryl methyl sites for hydroxylation is 1. The Labute approximate surface area is 113 Å². The molecule has 0 spiro atoms. The van der Waals surface area contributed by atoms with Crippen LogP contribution in [0.1, 0.15) is 22.7 Å². The van der Waals surface area contributed by atoms with Gasteiger partial charge in [-0.2, -0.15) is 0 Å². The molecule has 2 aromatic rings. The number of hydrazine groups is 1. The van der Waals surface area contributed by atoms with Crippen molar-refractivity contribution in [2.45, 2.75) is 19.4 Å². The van der Waals surface area contributed by atoms with Crippen molar-refractivity contribution in [1.82, 2.24) is 5.43 Å². The van der Waals surface area contributed by atoms with Crippen LogP contribution in [0.2, 0.25) is 5.02 Å². The number of hydrogen-bond donors (Lipinski definition) is 2. The molecule has 2 nitrogen and oxygen atoms in total. The molecular weight excluding hydrogens is 244 g/mol. The van der Waals surface area contributed by atoms with E-state index in [-0.39, 0.29) is 6.04 Å². The first-order chi connectivity index (χ1) is 8.69. The van der Waals surface area contributed by atoms with Crippen LogP contribution >= 0.6 is 11.6 Å². The van der Waals surface area contributed by atoms with Crippen LogP contribution in [0.25, 0.3) is 0 Å². The fraction of sp³-hybridized carbons (Fsp3) is 0.200. The van der Waals surface area contributed by atoms with Gasteiger partial charge in [-0.1, -0.05) is 48.0 Å². The highest BCUT2D eigenvalue weighted by Crippen LogP contribution is 2.22. The first kappa shape index (κ1) is 13.1. The first-order valence-corrected chi connectivity index (χ1v) is 6.34. The molecule has 18 heavy (non-hydrogen) atoms. The van der Waals surface area contributed by atoms with Crippen molar-refractivity contribution >= 4 is 11.6 Å². The molecule has 94 valence electrons. The largest absolute Gasteiger partial charge is 0.271 e. The third-order valence-corrected chi connectivity index (χ3v) is 3.17. The Morgan fingerprint density at radius 1 is 1.17 bits per heavy atom. The third-order valence-electron chi connectivity index (χ3n) is 2.95. The zero-order valence-electron chi connectivity index (χ0n) is 10.4. The van der Waals surface area contributed by atoms with Crippen molar-refractivity contribution in [2.24, 2.45) is 5.84 Å². The summed E-state index contributed by atoms with van der Waals surface area (Å²) < 4.78 is 0. The van der Waals surface area contributed by atoms with E-state index >= 15 is 0 Å². The van der Waals surface area contributed by atoms with Gasteiger partial charge in [-0.25, -0.2) is 0 Å². The molecule has 0 bridgehead atoms. The predicted octanol–water partition coefficient (Wildman–Crippen LogP) is 3.40. The molecule has 0 aliphatic carbocycles. The molecule has 1 unspecified atom stereocenters. The Morgan fingerprint density at radius 3 is 2.50 bits per heavy atom. The van der Waals surface area contributed by atoms with Gasteiger partial charge in [0.25, 0.3) is 0 Å². The number of halogens is 1. The fourth-order valence-electron chi connectivity index (χ4n) is 2.09. The van der Waals surface area contributed by atoms with Crippen molar-refractivity contribution in [3.05, 3.63) is 70.2 Å². The molecule has 0 heterocycles. The van der Waals surface area contributed by atoms with E-state index in [1.165, 1.54) is 5.56 Å². The van der Waals surface area contributed by atoms with E-state index in [9.17, 15) is 0 Å². The molecule has 0 aliphatic heterocycles. The summed E-state index contributed by atoms with van der Waals surface area (Å²) in [4.78, 5) is 0. The lowest BCUT2D eigenvalue weighted by Gasteiger charge is -2.17. The van der Waals surface area contributed by atoms with Crippen LogP contribution < -0.4 is 11.3 Å². The van der Waals surface area contributed by atoms with Crippen molar-refractivity contribution in [1.29, 1.82) is 0 Å². The Bertz CT molecular complexity index is 491. The molecule has 3 heteroatoms. The number of rotatable bonds is 4. The molecule has 2 aromatic carbocycles. The Morgan fingerprint density at radius 2 is 1.89 bits per heavy atom. The van der Waals surface area contributed by atoms with Gasteiger partial charge < -0.3 is 0 Å². The summed E-state index contributed by atoms with van der Waals surface area (Å²) in [5.41, 5.74) is 6.37. The summed E-state index contributed by atoms with van der Waals surface area (Å²) in [5.74, 6) is 5.66. The lowest BCUT2D eigenvalue weighted by atomic mass is 9.98. The quantitative estimate of drug-likeness (QED) is 0.653. The number of benzene rings is 2. The maximum Gasteiger partial charge on any atom is 0.0500 e. The Hall–Kier alpha value is -1.35. The summed E-state index contributed by atoms with van der Waals surface area (Å²) in [6.07, 6.45) is 0.844. The monoisotopic (exact) mass is 260 g/mol. The molecule has 0 amide bonds. The van der Waals surface area contributed by atoms with E-state index in [0.29, 0.717) is 0 Å². The van der Waals surface area contributed by atoms with Crippen molar-refractivity contribution in [3.8, 4) is 0 Å². The minimum Gasteiger partial charge on any atom is -0.271 e. The highest BCUT2D eigenvalue weighted by Gasteiger charge is 2.11. The molecule has 1 atom stereocenters. The SMILES string of the molecule is Cc1cc(Cl)cc(C(Cc2ccccc2)NN)c1. The van der Waals surface area contributed by atoms with Crippen molar-refractivity contribution in [3.63, 3.8) is 0 Å². The van der Waals surface area contributed by atoms with E-state index in [2.05, 4.69) is 23.6 Å². The van der Waals surface area contributed by atoms with Crippen LogP contribution in [0.3, 0.4) is 0 Å². The van der Waals surface area contributed by atoms with Crippen molar-refractivity contribution in [2.75, 3.05) is 0 Å². The molecule has 0 saturated heterocycles. The van der Waals surface area contributed by atoms with E-state index in [0.717, 1.165) is 22.6 Å². The van der Waals surface area contributed by atoms with E-state index in [4.69, 9.17) is 17.4 Å². The van der Waals surface area contributed by atoms with E-state index in [1.807, 2.05) is 37.3 Å². The molecule has 0 fully saturated rings. The van der Waals surface area contributed by atoms with Crippen LogP contribution in [0.15, 0.2) is 48.5 Å². The Balaban J connectivity index is 2.23. The van der Waals surface area contributed by atoms with Gasteiger partial charge in [-0.3, -0.25) is 11.3 Å². The van der Waals surface area contributed by atoms with Gasteiger partial charge >= 0.3 is 0 Å². The molecule has 2 rings (SSSR count). The lowest BCUT2D eigenvalue weighted by Crippen LogP contribution is -2.29. The summed E-state index contributed by atoms with van der Waals surface area (Å²) >= 11 is 6.09. The summed E-state index contributed by atoms with van der Waals surface area (Å²) in [6, 6.07) is 16.4. The predicted molar refractivity (Wildman–Crippen MR) is 76.4 cm³/mol. The Kier molecular flexibility index (Phi) is 4.37. The summed E-state index contributed by atoms with van der Waals surface area (Å²) in [7, 11) is 0.